The van der Waals surface area contributed by atoms with Gasteiger partial charge in [-0.05, 0) is 26.0 Å². The summed E-state index contributed by atoms with van der Waals surface area (Å²) < 4.78 is 24.7. The third-order valence-corrected chi connectivity index (χ3v) is 2.49. The third-order valence-electron chi connectivity index (χ3n) is 1.90. The number of rotatable bonds is 4. The fraction of sp³-hybridized carbons (Fsp3) is 0.250. The van der Waals surface area contributed by atoms with E-state index in [2.05, 4.69) is 10.0 Å². The van der Waals surface area contributed by atoms with Gasteiger partial charge in [0.2, 0.25) is 15.9 Å². The van der Waals surface area contributed by atoms with Crippen molar-refractivity contribution >= 4 is 27.3 Å². The molecule has 0 unspecified atom stereocenters. The molecule has 0 spiro atoms. The number of allylic oxidation sites excluding steroid dienone is 1. The van der Waals surface area contributed by atoms with E-state index < -0.39 is 10.0 Å². The highest BCUT2D eigenvalue weighted by molar-refractivity contribution is 7.92. The van der Waals surface area contributed by atoms with Gasteiger partial charge in [0, 0.05) is 6.08 Å². The minimum atomic E-state index is -3.38. The van der Waals surface area contributed by atoms with Crippen LogP contribution in [0.2, 0.25) is 0 Å². The number of benzene rings is 1. The zero-order valence-corrected chi connectivity index (χ0v) is 11.3. The molecule has 0 saturated heterocycles. The normalized spacial score (nSPS) is 10.6. The van der Waals surface area contributed by atoms with E-state index in [9.17, 15) is 13.2 Å². The van der Waals surface area contributed by atoms with Crippen LogP contribution in [-0.4, -0.2) is 20.6 Å². The Morgan fingerprint density at radius 1 is 1.17 bits per heavy atom. The molecular weight excluding hydrogens is 252 g/mol. The molecule has 0 atom stereocenters. The Balaban J connectivity index is 2.96. The lowest BCUT2D eigenvalue weighted by atomic mass is 10.2. The van der Waals surface area contributed by atoms with Crippen LogP contribution in [0, 0.1) is 0 Å². The third kappa shape index (κ3) is 5.01. The van der Waals surface area contributed by atoms with Crippen LogP contribution < -0.4 is 10.0 Å². The average Bonchev–Trinajstić information content (AvgIpc) is 2.17. The topological polar surface area (TPSA) is 75.3 Å². The maximum atomic E-state index is 11.6. The minimum Gasteiger partial charge on any atom is -0.321 e. The van der Waals surface area contributed by atoms with E-state index in [1.807, 2.05) is 0 Å². The molecule has 98 valence electrons. The maximum Gasteiger partial charge on any atom is 0.248 e. The first-order chi connectivity index (χ1) is 8.28. The molecule has 0 aromatic heterocycles. The Kier molecular flexibility index (Phi) is 4.49. The Labute approximate surface area is 107 Å². The van der Waals surface area contributed by atoms with Gasteiger partial charge in [-0.2, -0.15) is 0 Å². The van der Waals surface area contributed by atoms with Crippen molar-refractivity contribution in [1.29, 1.82) is 0 Å². The van der Waals surface area contributed by atoms with Gasteiger partial charge in [0.15, 0.2) is 0 Å². The van der Waals surface area contributed by atoms with E-state index >= 15 is 0 Å². The molecule has 6 heteroatoms. The van der Waals surface area contributed by atoms with Crippen molar-refractivity contribution in [2.45, 2.75) is 13.8 Å². The molecule has 2 N–H and O–H groups in total. The van der Waals surface area contributed by atoms with Gasteiger partial charge in [0.25, 0.3) is 0 Å². The summed E-state index contributed by atoms with van der Waals surface area (Å²) in [5.74, 6) is -0.294. The van der Waals surface area contributed by atoms with Gasteiger partial charge >= 0.3 is 0 Å². The number of hydrogen-bond donors (Lipinski definition) is 2. The molecule has 5 nitrogen and oxygen atoms in total. The molecule has 1 rings (SSSR count). The summed E-state index contributed by atoms with van der Waals surface area (Å²) >= 11 is 0. The lowest BCUT2D eigenvalue weighted by Crippen LogP contribution is -2.14. The number of sulfonamides is 1. The molecule has 0 aliphatic rings. The lowest BCUT2D eigenvalue weighted by Gasteiger charge is -2.10. The SMILES string of the molecule is CC(C)=CC(=O)Nc1ccccc1NS(C)(=O)=O. The van der Waals surface area contributed by atoms with E-state index in [0.29, 0.717) is 11.4 Å². The van der Waals surface area contributed by atoms with E-state index in [4.69, 9.17) is 0 Å². The van der Waals surface area contributed by atoms with Gasteiger partial charge in [-0.25, -0.2) is 8.42 Å². The fourth-order valence-corrected chi connectivity index (χ4v) is 1.89. The van der Waals surface area contributed by atoms with E-state index in [0.717, 1.165) is 11.8 Å². The number of nitrogens with one attached hydrogen (secondary N) is 2. The van der Waals surface area contributed by atoms with Gasteiger partial charge < -0.3 is 5.32 Å². The first kappa shape index (κ1) is 14.2. The standard InChI is InChI=1S/C12H16N2O3S/c1-9(2)8-12(15)13-10-6-4-5-7-11(10)14-18(3,16)17/h4-8,14H,1-3H3,(H,13,15). The number of para-hydroxylation sites is 2. The van der Waals surface area contributed by atoms with Crippen molar-refractivity contribution in [3.05, 3.63) is 35.9 Å². The van der Waals surface area contributed by atoms with Crippen LogP contribution in [-0.2, 0) is 14.8 Å². The molecule has 0 saturated carbocycles. The Morgan fingerprint density at radius 3 is 2.22 bits per heavy atom. The number of hydrogen-bond acceptors (Lipinski definition) is 3. The van der Waals surface area contributed by atoms with Gasteiger partial charge in [-0.3, -0.25) is 9.52 Å². The van der Waals surface area contributed by atoms with Gasteiger partial charge in [0.1, 0.15) is 0 Å². The van der Waals surface area contributed by atoms with Crippen molar-refractivity contribution in [2.24, 2.45) is 0 Å². The number of carbonyl (C=O) groups is 1. The van der Waals surface area contributed by atoms with Crippen LogP contribution in [0.3, 0.4) is 0 Å². The summed E-state index contributed by atoms with van der Waals surface area (Å²) in [7, 11) is -3.38. The highest BCUT2D eigenvalue weighted by Crippen LogP contribution is 2.21. The Morgan fingerprint density at radius 2 is 1.72 bits per heavy atom. The summed E-state index contributed by atoms with van der Waals surface area (Å²) in [6.07, 6.45) is 2.50. The molecule has 0 bridgehead atoms. The number of anilines is 2. The fourth-order valence-electron chi connectivity index (χ4n) is 1.31. The summed E-state index contributed by atoms with van der Waals surface area (Å²) in [6.45, 7) is 3.61. The molecule has 0 radical (unpaired) electrons. The second-order valence-corrected chi connectivity index (χ2v) is 5.88. The molecular formula is C12H16N2O3S. The molecule has 18 heavy (non-hydrogen) atoms. The van der Waals surface area contributed by atoms with Crippen molar-refractivity contribution in [3.8, 4) is 0 Å². The summed E-state index contributed by atoms with van der Waals surface area (Å²) in [6, 6.07) is 6.61. The second-order valence-electron chi connectivity index (χ2n) is 4.13. The van der Waals surface area contributed by atoms with Crippen LogP contribution in [0.15, 0.2) is 35.9 Å². The largest absolute Gasteiger partial charge is 0.321 e. The Bertz CT molecular complexity index is 573. The molecule has 1 aromatic rings. The molecule has 1 amide bonds. The highest BCUT2D eigenvalue weighted by Gasteiger charge is 2.08. The van der Waals surface area contributed by atoms with E-state index in [-0.39, 0.29) is 5.91 Å². The predicted molar refractivity (Wildman–Crippen MR) is 73.0 cm³/mol. The predicted octanol–water partition coefficient (Wildman–Crippen LogP) is 1.96. The number of carbonyl (C=O) groups excluding carboxylic acids is 1. The van der Waals surface area contributed by atoms with Crippen LogP contribution in [0.1, 0.15) is 13.8 Å². The summed E-state index contributed by atoms with van der Waals surface area (Å²) in [5.41, 5.74) is 1.63. The smallest absolute Gasteiger partial charge is 0.248 e. The Hall–Kier alpha value is -1.82. The van der Waals surface area contributed by atoms with Crippen molar-refractivity contribution in [1.82, 2.24) is 0 Å². The molecule has 0 aliphatic heterocycles. The van der Waals surface area contributed by atoms with Crippen LogP contribution in [0.25, 0.3) is 0 Å². The first-order valence-electron chi connectivity index (χ1n) is 5.30. The molecule has 0 heterocycles. The first-order valence-corrected chi connectivity index (χ1v) is 7.20. The van der Waals surface area contributed by atoms with Gasteiger partial charge in [-0.1, -0.05) is 17.7 Å². The number of amides is 1. The summed E-state index contributed by atoms with van der Waals surface area (Å²) in [4.78, 5) is 11.6. The average molecular weight is 268 g/mol. The maximum absolute atomic E-state index is 11.6. The van der Waals surface area contributed by atoms with E-state index in [1.54, 1.807) is 38.1 Å². The van der Waals surface area contributed by atoms with Crippen LogP contribution >= 0.6 is 0 Å². The molecule has 1 aromatic carbocycles. The van der Waals surface area contributed by atoms with Crippen molar-refractivity contribution in [2.75, 3.05) is 16.3 Å². The highest BCUT2D eigenvalue weighted by atomic mass is 32.2. The monoisotopic (exact) mass is 268 g/mol. The van der Waals surface area contributed by atoms with Crippen molar-refractivity contribution < 1.29 is 13.2 Å². The van der Waals surface area contributed by atoms with Crippen LogP contribution in [0.4, 0.5) is 11.4 Å². The van der Waals surface area contributed by atoms with Gasteiger partial charge in [0.05, 0.1) is 17.6 Å². The van der Waals surface area contributed by atoms with Crippen LogP contribution in [0.5, 0.6) is 0 Å². The second kappa shape index (κ2) is 5.68. The van der Waals surface area contributed by atoms with Crippen molar-refractivity contribution in [3.63, 3.8) is 0 Å². The van der Waals surface area contributed by atoms with Gasteiger partial charge in [-0.15, -0.1) is 0 Å². The minimum absolute atomic E-state index is 0.294. The molecule has 0 aliphatic carbocycles. The zero-order chi connectivity index (χ0) is 13.8. The zero-order valence-electron chi connectivity index (χ0n) is 10.5. The quantitative estimate of drug-likeness (QED) is 0.820. The molecule has 0 fully saturated rings. The van der Waals surface area contributed by atoms with E-state index in [1.165, 1.54) is 6.08 Å². The lowest BCUT2D eigenvalue weighted by molar-refractivity contribution is -0.111. The summed E-state index contributed by atoms with van der Waals surface area (Å²) in [5, 5.41) is 2.62.